The van der Waals surface area contributed by atoms with Crippen LogP contribution in [0, 0.1) is 17.8 Å². The molecule has 9 heteroatoms. The van der Waals surface area contributed by atoms with Gasteiger partial charge in [0.1, 0.15) is 11.5 Å². The minimum absolute atomic E-state index is 0.0834. The molecule has 4 aliphatic rings. The van der Waals surface area contributed by atoms with E-state index < -0.39 is 11.1 Å². The molecule has 4 bridgehead atoms. The van der Waals surface area contributed by atoms with E-state index in [-0.39, 0.29) is 29.6 Å². The minimum atomic E-state index is -0.521. The highest BCUT2D eigenvalue weighted by Crippen LogP contribution is 2.55. The van der Waals surface area contributed by atoms with Crippen LogP contribution in [0.25, 0.3) is 0 Å². The molecule has 0 aromatic carbocycles. The fourth-order valence-electron chi connectivity index (χ4n) is 5.55. The van der Waals surface area contributed by atoms with Gasteiger partial charge in [0.25, 0.3) is 11.8 Å². The minimum Gasteiger partial charge on any atom is -0.473 e. The molecule has 0 spiro atoms. The highest BCUT2D eigenvalue weighted by atomic mass is 35.5. The van der Waals surface area contributed by atoms with Gasteiger partial charge in [0.05, 0.1) is 11.1 Å². The summed E-state index contributed by atoms with van der Waals surface area (Å²) in [6, 6.07) is 0.0834. The molecule has 5 rings (SSSR count). The monoisotopic (exact) mass is 457 g/mol. The van der Waals surface area contributed by atoms with Crippen LogP contribution in [0.4, 0.5) is 0 Å². The van der Waals surface area contributed by atoms with Gasteiger partial charge in [0.2, 0.25) is 5.76 Å². The Morgan fingerprint density at radius 1 is 1.37 bits per heavy atom. The number of carbonyl (C=O) groups excluding carboxylic acids is 1. The van der Waals surface area contributed by atoms with E-state index in [1.165, 1.54) is 11.8 Å². The number of hydrogen-bond donors (Lipinski definition) is 3. The fraction of sp³-hybridized carbons (Fsp3) is 0.810. The molecule has 1 heterocycles. The van der Waals surface area contributed by atoms with Gasteiger partial charge in [-0.2, -0.15) is 0 Å². The fourth-order valence-corrected chi connectivity index (χ4v) is 6.51. The third-order valence-electron chi connectivity index (χ3n) is 6.54. The number of nitrogens with zero attached hydrogens (tertiary/aromatic N) is 1. The normalized spacial score (nSPS) is 32.6. The molecular weight excluding hydrogens is 426 g/mol. The maximum atomic E-state index is 13.2. The third-order valence-corrected chi connectivity index (χ3v) is 8.12. The zero-order valence-corrected chi connectivity index (χ0v) is 19.6. The van der Waals surface area contributed by atoms with Crippen molar-refractivity contribution in [1.82, 2.24) is 15.3 Å². The number of aromatic nitrogens is 1. The molecule has 2 unspecified atom stereocenters. The number of rotatable bonds is 8. The summed E-state index contributed by atoms with van der Waals surface area (Å²) in [5, 5.41) is 18.3. The second-order valence-electron chi connectivity index (χ2n) is 10.3. The van der Waals surface area contributed by atoms with Crippen molar-refractivity contribution in [2.75, 3.05) is 6.61 Å². The van der Waals surface area contributed by atoms with Gasteiger partial charge in [-0.1, -0.05) is 13.8 Å². The second kappa shape index (κ2) is 8.19. The quantitative estimate of drug-likeness (QED) is 0.404. The lowest BCUT2D eigenvalue weighted by atomic mass is 9.52. The molecule has 2 atom stereocenters. The Hall–Kier alpha value is -0.960. The van der Waals surface area contributed by atoms with E-state index in [0.29, 0.717) is 28.5 Å². The zero-order chi connectivity index (χ0) is 21.7. The van der Waals surface area contributed by atoms with Crippen molar-refractivity contribution in [2.24, 2.45) is 17.8 Å². The summed E-state index contributed by atoms with van der Waals surface area (Å²) < 4.78 is 11.3. The van der Waals surface area contributed by atoms with Gasteiger partial charge < -0.3 is 19.7 Å². The van der Waals surface area contributed by atoms with Crippen LogP contribution in [0.3, 0.4) is 0 Å². The predicted octanol–water partition coefficient (Wildman–Crippen LogP) is 3.75. The van der Waals surface area contributed by atoms with E-state index in [4.69, 9.17) is 21.0 Å². The number of ether oxygens (including phenoxy) is 1. The van der Waals surface area contributed by atoms with E-state index in [1.54, 1.807) is 0 Å². The lowest BCUT2D eigenvalue weighted by molar-refractivity contribution is -0.137. The molecule has 7 nitrogen and oxygen atoms in total. The first-order valence-corrected chi connectivity index (χ1v) is 12.0. The van der Waals surface area contributed by atoms with Gasteiger partial charge >= 0.3 is 0 Å². The SMILES string of the molecule is CC(C)Sc1c(OCC(C)(C)NCl)noc1C(=O)N[C@H]1C2CC3CC1C[C@](O)(C3)C2. The highest BCUT2D eigenvalue weighted by Gasteiger charge is 2.55. The van der Waals surface area contributed by atoms with Crippen molar-refractivity contribution in [2.45, 2.75) is 87.1 Å². The van der Waals surface area contributed by atoms with Crippen LogP contribution < -0.4 is 14.9 Å². The molecule has 3 N–H and O–H groups in total. The molecule has 1 amide bonds. The van der Waals surface area contributed by atoms with Crippen molar-refractivity contribution in [1.29, 1.82) is 0 Å². The first-order chi connectivity index (χ1) is 14.1. The molecule has 0 saturated heterocycles. The number of halogens is 1. The van der Waals surface area contributed by atoms with E-state index in [2.05, 4.69) is 15.3 Å². The van der Waals surface area contributed by atoms with E-state index in [0.717, 1.165) is 32.1 Å². The maximum Gasteiger partial charge on any atom is 0.291 e. The molecule has 1 aromatic rings. The third kappa shape index (κ3) is 4.47. The Morgan fingerprint density at radius 2 is 2.03 bits per heavy atom. The van der Waals surface area contributed by atoms with Gasteiger partial charge in [0.15, 0.2) is 0 Å². The summed E-state index contributed by atoms with van der Waals surface area (Å²) in [6.07, 6.45) is 4.66. The Balaban J connectivity index is 1.49. The van der Waals surface area contributed by atoms with Crippen LogP contribution in [-0.2, 0) is 0 Å². The number of amides is 1. The van der Waals surface area contributed by atoms with Gasteiger partial charge in [-0.3, -0.25) is 4.79 Å². The summed E-state index contributed by atoms with van der Waals surface area (Å²) in [7, 11) is 0. The number of carbonyl (C=O) groups is 1. The van der Waals surface area contributed by atoms with Gasteiger partial charge in [-0.25, -0.2) is 4.84 Å². The molecule has 4 saturated carbocycles. The van der Waals surface area contributed by atoms with Crippen molar-refractivity contribution in [3.8, 4) is 5.88 Å². The molecule has 30 heavy (non-hydrogen) atoms. The molecule has 168 valence electrons. The van der Waals surface area contributed by atoms with Crippen LogP contribution in [0.1, 0.15) is 70.4 Å². The van der Waals surface area contributed by atoms with Crippen LogP contribution in [0.15, 0.2) is 9.42 Å². The van der Waals surface area contributed by atoms with Crippen LogP contribution in [-0.4, -0.2) is 45.2 Å². The largest absolute Gasteiger partial charge is 0.473 e. The number of hydrogen-bond acceptors (Lipinski definition) is 7. The number of aliphatic hydroxyl groups is 1. The standard InChI is InChI=1S/C21H32ClN3O4S/c1-11(2)30-17-16(29-24-19(17)28-10-20(3,4)25-22)18(26)23-15-13-5-12-6-14(15)9-21(27,7-12)8-13/h11-15,25,27H,5-10H2,1-4H3,(H,23,26)/t12?,13?,14?,15-,21-. The average molecular weight is 458 g/mol. The summed E-state index contributed by atoms with van der Waals surface area (Å²) >= 11 is 7.26. The molecule has 4 fully saturated rings. The number of nitrogens with one attached hydrogen (secondary N) is 2. The molecule has 0 radical (unpaired) electrons. The Labute approximate surface area is 187 Å². The second-order valence-corrected chi connectivity index (χ2v) is 12.0. The Kier molecular flexibility index (Phi) is 6.07. The van der Waals surface area contributed by atoms with Crippen molar-refractivity contribution < 1.29 is 19.2 Å². The topological polar surface area (TPSA) is 96.6 Å². The molecule has 0 aliphatic heterocycles. The van der Waals surface area contributed by atoms with Crippen molar-refractivity contribution in [3.05, 3.63) is 5.76 Å². The first kappa shape index (κ1) is 22.2. The summed E-state index contributed by atoms with van der Waals surface area (Å²) in [6.45, 7) is 8.19. The molecule has 1 aromatic heterocycles. The molecular formula is C21H32ClN3O4S. The lowest BCUT2D eigenvalue weighted by Gasteiger charge is -2.58. The first-order valence-electron chi connectivity index (χ1n) is 10.8. The summed E-state index contributed by atoms with van der Waals surface area (Å²) in [5.74, 6) is 1.53. The highest BCUT2D eigenvalue weighted by molar-refractivity contribution is 8.00. The van der Waals surface area contributed by atoms with Crippen LogP contribution in [0.5, 0.6) is 5.88 Å². The van der Waals surface area contributed by atoms with Crippen LogP contribution in [0.2, 0.25) is 0 Å². The van der Waals surface area contributed by atoms with Crippen LogP contribution >= 0.6 is 23.5 Å². The van der Waals surface area contributed by atoms with Crippen molar-refractivity contribution in [3.63, 3.8) is 0 Å². The summed E-state index contributed by atoms with van der Waals surface area (Å²) in [4.78, 5) is 16.5. The lowest BCUT2D eigenvalue weighted by Crippen LogP contribution is -2.61. The predicted molar refractivity (Wildman–Crippen MR) is 116 cm³/mol. The van der Waals surface area contributed by atoms with E-state index in [1.807, 2.05) is 27.7 Å². The van der Waals surface area contributed by atoms with Crippen molar-refractivity contribution >= 4 is 29.4 Å². The average Bonchev–Trinajstić information content (AvgIpc) is 3.03. The Morgan fingerprint density at radius 3 is 2.60 bits per heavy atom. The molecule has 4 aliphatic carbocycles. The zero-order valence-electron chi connectivity index (χ0n) is 18.0. The van der Waals surface area contributed by atoms with Gasteiger partial charge in [-0.05, 0) is 80.6 Å². The maximum absolute atomic E-state index is 13.2. The van der Waals surface area contributed by atoms with Gasteiger partial charge in [0, 0.05) is 11.3 Å². The van der Waals surface area contributed by atoms with E-state index >= 15 is 0 Å². The smallest absolute Gasteiger partial charge is 0.291 e. The summed E-state index contributed by atoms with van der Waals surface area (Å²) in [5.41, 5.74) is -0.976. The number of thioether (sulfide) groups is 1. The Bertz CT molecular complexity index is 783. The van der Waals surface area contributed by atoms with Gasteiger partial charge in [-0.15, -0.1) is 11.8 Å². The van der Waals surface area contributed by atoms with E-state index in [9.17, 15) is 9.90 Å².